The first-order valence-electron chi connectivity index (χ1n) is 8.12. The van der Waals surface area contributed by atoms with Crippen LogP contribution >= 0.6 is 8.30 Å². The normalized spacial score (nSPS) is 18.9. The Balaban J connectivity index is 1.58. The van der Waals surface area contributed by atoms with Crippen LogP contribution in [0, 0.1) is 5.82 Å². The van der Waals surface area contributed by atoms with Gasteiger partial charge in [-0.1, -0.05) is 30.3 Å². The summed E-state index contributed by atoms with van der Waals surface area (Å²) in [6.45, 7) is 0.829. The molecule has 0 spiro atoms. The van der Waals surface area contributed by atoms with E-state index in [-0.39, 0.29) is 11.7 Å². The van der Waals surface area contributed by atoms with E-state index >= 15 is 0 Å². The molecule has 1 heterocycles. The minimum Gasteiger partial charge on any atom is -0.354 e. The number of carbonyl (C=O) groups excluding carboxylic acids is 1. The molecule has 3 rings (SSSR count). The van der Waals surface area contributed by atoms with Gasteiger partial charge in [0.05, 0.1) is 0 Å². The molecule has 0 aromatic heterocycles. The van der Waals surface area contributed by atoms with Gasteiger partial charge in [-0.05, 0) is 42.7 Å². The summed E-state index contributed by atoms with van der Waals surface area (Å²) in [6, 6.07) is 15.3. The van der Waals surface area contributed by atoms with Gasteiger partial charge in [-0.3, -0.25) is 9.63 Å². The van der Waals surface area contributed by atoms with Crippen LogP contribution in [0.5, 0.6) is 0 Å². The average Bonchev–Trinajstić information content (AvgIpc) is 2.63. The fourth-order valence-corrected chi connectivity index (χ4v) is 3.98. The maximum absolute atomic E-state index is 13.0. The van der Waals surface area contributed by atoms with E-state index in [1.807, 2.05) is 30.3 Å². The first-order valence-corrected chi connectivity index (χ1v) is 9.48. The van der Waals surface area contributed by atoms with Gasteiger partial charge >= 0.3 is 0 Å². The predicted molar refractivity (Wildman–Crippen MR) is 95.1 cm³/mol. The minimum atomic E-state index is -1.76. The quantitative estimate of drug-likeness (QED) is 0.770. The van der Waals surface area contributed by atoms with Gasteiger partial charge < -0.3 is 9.98 Å². The van der Waals surface area contributed by atoms with E-state index in [1.54, 1.807) is 0 Å². The van der Waals surface area contributed by atoms with Gasteiger partial charge in [-0.25, -0.2) is 9.45 Å². The number of piperidine rings is 1. The van der Waals surface area contributed by atoms with E-state index in [1.165, 1.54) is 29.3 Å². The Kier molecular flexibility index (Phi) is 5.97. The molecule has 1 aliphatic heterocycles. The third kappa shape index (κ3) is 4.75. The van der Waals surface area contributed by atoms with Crippen LogP contribution in [0.25, 0.3) is 0 Å². The predicted octanol–water partition coefficient (Wildman–Crippen LogP) is 3.66. The third-order valence-corrected chi connectivity index (χ3v) is 5.54. The number of anilines is 1. The molecule has 0 saturated carbocycles. The highest BCUT2D eigenvalue weighted by Crippen LogP contribution is 2.42. The number of hydrogen-bond donors (Lipinski definition) is 2. The Hall–Kier alpha value is -2.01. The van der Waals surface area contributed by atoms with Gasteiger partial charge in [0.2, 0.25) is 0 Å². The molecule has 0 aliphatic carbocycles. The molecule has 0 radical (unpaired) electrons. The fourth-order valence-electron chi connectivity index (χ4n) is 2.64. The van der Waals surface area contributed by atoms with E-state index in [9.17, 15) is 14.1 Å². The molecule has 1 saturated heterocycles. The van der Waals surface area contributed by atoms with Gasteiger partial charge in [0.25, 0.3) is 5.91 Å². The van der Waals surface area contributed by atoms with Crippen LogP contribution in [0.4, 0.5) is 10.1 Å². The number of rotatable bonds is 6. The molecule has 1 amide bonds. The molecule has 2 atom stereocenters. The van der Waals surface area contributed by atoms with Crippen molar-refractivity contribution in [1.29, 1.82) is 0 Å². The van der Waals surface area contributed by atoms with Crippen molar-refractivity contribution in [2.75, 3.05) is 11.6 Å². The van der Waals surface area contributed by atoms with Crippen molar-refractivity contribution in [2.24, 2.45) is 0 Å². The summed E-state index contributed by atoms with van der Waals surface area (Å²) in [6.07, 6.45) is 1.36. The van der Waals surface area contributed by atoms with Crippen molar-refractivity contribution in [3.63, 3.8) is 0 Å². The number of halogens is 1. The summed E-state index contributed by atoms with van der Waals surface area (Å²) in [5, 5.41) is 4.26. The van der Waals surface area contributed by atoms with Crippen LogP contribution in [0.15, 0.2) is 54.6 Å². The number of amides is 1. The molecular formula is C18H20FN2O3P. The Morgan fingerprint density at radius 1 is 1.20 bits per heavy atom. The van der Waals surface area contributed by atoms with Gasteiger partial charge in [-0.15, -0.1) is 0 Å². The summed E-state index contributed by atoms with van der Waals surface area (Å²) in [7, 11) is -1.76. The van der Waals surface area contributed by atoms with Crippen LogP contribution in [0.2, 0.25) is 0 Å². The molecule has 5 nitrogen and oxygen atoms in total. The van der Waals surface area contributed by atoms with E-state index in [0.29, 0.717) is 25.3 Å². The molecule has 0 bridgehead atoms. The molecule has 7 heteroatoms. The van der Waals surface area contributed by atoms with Gasteiger partial charge in [0, 0.05) is 12.2 Å². The number of hydroxylamine groups is 2. The SMILES string of the molecule is O=C1C(P(O)Nc2ccc(F)cc2)CCCN1OCc1ccccc1. The highest BCUT2D eigenvalue weighted by atomic mass is 31.2. The van der Waals surface area contributed by atoms with E-state index in [0.717, 1.165) is 12.0 Å². The lowest BCUT2D eigenvalue weighted by atomic mass is 10.1. The molecule has 2 aromatic rings. The third-order valence-electron chi connectivity index (χ3n) is 3.98. The average molecular weight is 362 g/mol. The van der Waals surface area contributed by atoms with E-state index in [2.05, 4.69) is 5.09 Å². The largest absolute Gasteiger partial charge is 0.354 e. The van der Waals surface area contributed by atoms with Crippen LogP contribution in [-0.2, 0) is 16.2 Å². The molecule has 2 aromatic carbocycles. The summed E-state index contributed by atoms with van der Waals surface area (Å²) in [5.74, 6) is -0.563. The van der Waals surface area contributed by atoms with Crippen molar-refractivity contribution >= 4 is 19.9 Å². The second kappa shape index (κ2) is 8.39. The maximum Gasteiger partial charge on any atom is 0.257 e. The fraction of sp³-hybridized carbons (Fsp3) is 0.278. The van der Waals surface area contributed by atoms with Crippen LogP contribution < -0.4 is 5.09 Å². The molecular weight excluding hydrogens is 342 g/mol. The lowest BCUT2D eigenvalue weighted by molar-refractivity contribution is -0.195. The zero-order chi connectivity index (χ0) is 17.6. The standard InChI is InChI=1S/C18H20FN2O3P/c19-15-8-10-16(11-9-15)20-25(23)17-7-4-12-21(18(17)22)24-13-14-5-2-1-3-6-14/h1-3,5-6,8-11,17,20,23H,4,7,12-13H2. The molecule has 1 fully saturated rings. The van der Waals surface area contributed by atoms with E-state index in [4.69, 9.17) is 4.84 Å². The molecule has 25 heavy (non-hydrogen) atoms. The smallest absolute Gasteiger partial charge is 0.257 e. The Morgan fingerprint density at radius 3 is 2.64 bits per heavy atom. The second-order valence-electron chi connectivity index (χ2n) is 5.82. The topological polar surface area (TPSA) is 61.8 Å². The highest BCUT2D eigenvalue weighted by molar-refractivity contribution is 7.55. The number of nitrogens with one attached hydrogen (secondary N) is 1. The summed E-state index contributed by atoms with van der Waals surface area (Å²) in [4.78, 5) is 28.7. The van der Waals surface area contributed by atoms with Crippen molar-refractivity contribution in [1.82, 2.24) is 5.06 Å². The van der Waals surface area contributed by atoms with Crippen LogP contribution in [-0.4, -0.2) is 28.1 Å². The Bertz CT molecular complexity index is 699. The zero-order valence-electron chi connectivity index (χ0n) is 13.6. The first-order chi connectivity index (χ1) is 12.1. The van der Waals surface area contributed by atoms with Crippen molar-refractivity contribution in [2.45, 2.75) is 25.1 Å². The second-order valence-corrected chi connectivity index (χ2v) is 7.36. The van der Waals surface area contributed by atoms with Crippen molar-refractivity contribution in [3.05, 3.63) is 66.0 Å². The Labute approximate surface area is 147 Å². The number of benzene rings is 2. The molecule has 2 N–H and O–H groups in total. The summed E-state index contributed by atoms with van der Waals surface area (Å²) < 4.78 is 13.0. The number of carbonyl (C=O) groups is 1. The Morgan fingerprint density at radius 2 is 1.92 bits per heavy atom. The van der Waals surface area contributed by atoms with E-state index < -0.39 is 14.0 Å². The monoisotopic (exact) mass is 362 g/mol. The molecule has 2 unspecified atom stereocenters. The van der Waals surface area contributed by atoms with Gasteiger partial charge in [0.1, 0.15) is 26.4 Å². The molecule has 132 valence electrons. The zero-order valence-corrected chi connectivity index (χ0v) is 14.5. The van der Waals surface area contributed by atoms with Crippen molar-refractivity contribution < 1.29 is 18.9 Å². The summed E-state index contributed by atoms with van der Waals surface area (Å²) >= 11 is 0. The van der Waals surface area contributed by atoms with Crippen LogP contribution in [0.1, 0.15) is 18.4 Å². The molecule has 1 aliphatic rings. The first kappa shape index (κ1) is 17.8. The number of nitrogens with zero attached hydrogens (tertiary/aromatic N) is 1. The van der Waals surface area contributed by atoms with Crippen molar-refractivity contribution in [3.8, 4) is 0 Å². The van der Waals surface area contributed by atoms with Gasteiger partial charge in [0.15, 0.2) is 0 Å². The maximum atomic E-state index is 13.0. The lowest BCUT2D eigenvalue weighted by Gasteiger charge is -2.33. The summed E-state index contributed by atoms with van der Waals surface area (Å²) in [5.41, 5.74) is 1.03. The number of hydrogen-bond acceptors (Lipinski definition) is 4. The lowest BCUT2D eigenvalue weighted by Crippen LogP contribution is -2.43. The highest BCUT2D eigenvalue weighted by Gasteiger charge is 2.35. The van der Waals surface area contributed by atoms with Crippen LogP contribution in [0.3, 0.4) is 0 Å². The minimum absolute atomic E-state index is 0.217. The van der Waals surface area contributed by atoms with Gasteiger partial charge in [-0.2, -0.15) is 0 Å².